The summed E-state index contributed by atoms with van der Waals surface area (Å²) in [5.41, 5.74) is 1.58. The summed E-state index contributed by atoms with van der Waals surface area (Å²) in [6.07, 6.45) is 0.737. The van der Waals surface area contributed by atoms with Crippen molar-refractivity contribution in [2.24, 2.45) is 0 Å². The van der Waals surface area contributed by atoms with Gasteiger partial charge in [0.2, 0.25) is 0 Å². The third kappa shape index (κ3) is 2.86. The minimum atomic E-state index is -0.498. The van der Waals surface area contributed by atoms with Gasteiger partial charge in [0.25, 0.3) is 0 Å². The second kappa shape index (κ2) is 5.90. The van der Waals surface area contributed by atoms with E-state index in [9.17, 15) is 4.39 Å². The highest BCUT2D eigenvalue weighted by molar-refractivity contribution is 7.18. The van der Waals surface area contributed by atoms with Gasteiger partial charge in [0.1, 0.15) is 17.4 Å². The van der Waals surface area contributed by atoms with Crippen molar-refractivity contribution in [3.05, 3.63) is 58.9 Å². The smallest absolute Gasteiger partial charge is 0.143 e. The molecule has 3 aromatic rings. The molecule has 0 amide bonds. The van der Waals surface area contributed by atoms with E-state index in [2.05, 4.69) is 10.3 Å². The summed E-state index contributed by atoms with van der Waals surface area (Å²) in [7, 11) is 0. The van der Waals surface area contributed by atoms with E-state index in [0.717, 1.165) is 21.6 Å². The summed E-state index contributed by atoms with van der Waals surface area (Å²) < 4.78 is 14.6. The van der Waals surface area contributed by atoms with E-state index in [1.165, 1.54) is 6.07 Å². The van der Waals surface area contributed by atoms with Crippen LogP contribution in [0.15, 0.2) is 42.5 Å². The Morgan fingerprint density at radius 2 is 2.05 bits per heavy atom. The maximum atomic E-state index is 13.5. The van der Waals surface area contributed by atoms with Gasteiger partial charge in [-0.3, -0.25) is 0 Å². The molecule has 1 N–H and O–H groups in total. The first-order valence-corrected chi connectivity index (χ1v) is 7.36. The molecule has 0 fully saturated rings. The Labute approximate surface area is 125 Å². The molecule has 0 spiro atoms. The summed E-state index contributed by atoms with van der Waals surface area (Å²) in [6, 6.07) is 14.5. The standard InChI is InChI=1S/C16H12FN3S/c17-12-4-3-6-13(11(12)10-18)19-9-8-16-20-14-5-1-2-7-15(14)21-16/h1-7,19H,8-9H2. The fraction of sp³-hybridized carbons (Fsp3) is 0.125. The predicted octanol–water partition coefficient (Wildman–Crippen LogP) is 3.96. The Kier molecular flexibility index (Phi) is 3.80. The van der Waals surface area contributed by atoms with Crippen molar-refractivity contribution in [3.63, 3.8) is 0 Å². The first-order valence-electron chi connectivity index (χ1n) is 6.55. The first-order chi connectivity index (χ1) is 10.3. The number of fused-ring (bicyclic) bond motifs is 1. The molecule has 1 aromatic heterocycles. The molecule has 0 radical (unpaired) electrons. The molecule has 0 aliphatic carbocycles. The number of hydrogen-bond acceptors (Lipinski definition) is 4. The van der Waals surface area contributed by atoms with E-state index in [0.29, 0.717) is 12.2 Å². The number of nitrogens with zero attached hydrogens (tertiary/aromatic N) is 2. The fourth-order valence-corrected chi connectivity index (χ4v) is 3.08. The molecule has 0 saturated carbocycles. The molecular formula is C16H12FN3S. The van der Waals surface area contributed by atoms with Crippen LogP contribution in [0.2, 0.25) is 0 Å². The number of thiazole rings is 1. The van der Waals surface area contributed by atoms with Gasteiger partial charge < -0.3 is 5.32 Å². The summed E-state index contributed by atoms with van der Waals surface area (Å²) in [4.78, 5) is 4.54. The maximum Gasteiger partial charge on any atom is 0.143 e. The molecule has 0 atom stereocenters. The van der Waals surface area contributed by atoms with Crippen molar-refractivity contribution in [1.29, 1.82) is 5.26 Å². The Bertz CT molecular complexity index is 787. The van der Waals surface area contributed by atoms with Crippen molar-refractivity contribution in [1.82, 2.24) is 4.98 Å². The number of nitrogens with one attached hydrogen (secondary N) is 1. The van der Waals surface area contributed by atoms with Gasteiger partial charge in [0.05, 0.1) is 20.9 Å². The molecule has 0 unspecified atom stereocenters. The lowest BCUT2D eigenvalue weighted by Gasteiger charge is -2.07. The van der Waals surface area contributed by atoms with E-state index in [-0.39, 0.29) is 5.56 Å². The molecule has 3 nitrogen and oxygen atoms in total. The van der Waals surface area contributed by atoms with E-state index >= 15 is 0 Å². The highest BCUT2D eigenvalue weighted by atomic mass is 32.1. The Balaban J connectivity index is 1.69. The summed E-state index contributed by atoms with van der Waals surface area (Å²) in [5, 5.41) is 13.1. The number of para-hydroxylation sites is 1. The highest BCUT2D eigenvalue weighted by Crippen LogP contribution is 2.22. The van der Waals surface area contributed by atoms with Crippen LogP contribution >= 0.6 is 11.3 Å². The monoisotopic (exact) mass is 297 g/mol. The molecule has 0 saturated heterocycles. The van der Waals surface area contributed by atoms with Gasteiger partial charge in [0, 0.05) is 13.0 Å². The second-order valence-electron chi connectivity index (χ2n) is 4.53. The van der Waals surface area contributed by atoms with Crippen LogP contribution in [0.1, 0.15) is 10.6 Å². The number of nitriles is 1. The summed E-state index contributed by atoms with van der Waals surface area (Å²) in [5.74, 6) is -0.498. The van der Waals surface area contributed by atoms with Crippen molar-refractivity contribution in [2.75, 3.05) is 11.9 Å². The van der Waals surface area contributed by atoms with Gasteiger partial charge in [-0.15, -0.1) is 11.3 Å². The number of benzene rings is 2. The van der Waals surface area contributed by atoms with Crippen LogP contribution in [0.3, 0.4) is 0 Å². The van der Waals surface area contributed by atoms with E-state index in [1.54, 1.807) is 23.5 Å². The van der Waals surface area contributed by atoms with Crippen LogP contribution in [0, 0.1) is 17.1 Å². The van der Waals surface area contributed by atoms with Crippen LogP contribution in [-0.2, 0) is 6.42 Å². The van der Waals surface area contributed by atoms with Gasteiger partial charge >= 0.3 is 0 Å². The van der Waals surface area contributed by atoms with Gasteiger partial charge in [0.15, 0.2) is 0 Å². The normalized spacial score (nSPS) is 10.5. The quantitative estimate of drug-likeness (QED) is 0.793. The van der Waals surface area contributed by atoms with Crippen molar-refractivity contribution < 1.29 is 4.39 Å². The van der Waals surface area contributed by atoms with Crippen LogP contribution in [0.4, 0.5) is 10.1 Å². The van der Waals surface area contributed by atoms with E-state index in [1.807, 2.05) is 30.3 Å². The maximum absolute atomic E-state index is 13.5. The van der Waals surface area contributed by atoms with Gasteiger partial charge in [-0.2, -0.15) is 5.26 Å². The second-order valence-corrected chi connectivity index (χ2v) is 5.64. The molecule has 0 aliphatic heterocycles. The minimum Gasteiger partial charge on any atom is -0.383 e. The lowest BCUT2D eigenvalue weighted by Crippen LogP contribution is -2.06. The number of hydrogen-bond donors (Lipinski definition) is 1. The minimum absolute atomic E-state index is 0.0572. The zero-order valence-corrected chi connectivity index (χ0v) is 12.0. The molecule has 0 aliphatic rings. The molecule has 0 bridgehead atoms. The molecule has 3 rings (SSSR count). The third-order valence-electron chi connectivity index (χ3n) is 3.12. The van der Waals surface area contributed by atoms with Crippen LogP contribution < -0.4 is 5.32 Å². The van der Waals surface area contributed by atoms with Gasteiger partial charge in [-0.25, -0.2) is 9.37 Å². The summed E-state index contributed by atoms with van der Waals surface area (Å²) in [6.45, 7) is 0.609. The lowest BCUT2D eigenvalue weighted by molar-refractivity contribution is 0.624. The van der Waals surface area contributed by atoms with Gasteiger partial charge in [-0.1, -0.05) is 18.2 Å². The molecule has 104 valence electrons. The summed E-state index contributed by atoms with van der Waals surface area (Å²) >= 11 is 1.66. The number of halogens is 1. The molecule has 21 heavy (non-hydrogen) atoms. The predicted molar refractivity (Wildman–Crippen MR) is 82.9 cm³/mol. The topological polar surface area (TPSA) is 48.7 Å². The number of aromatic nitrogens is 1. The van der Waals surface area contributed by atoms with Crippen molar-refractivity contribution in [3.8, 4) is 6.07 Å². The first kappa shape index (κ1) is 13.5. The Hall–Kier alpha value is -2.45. The molecule has 2 aromatic carbocycles. The van der Waals surface area contributed by atoms with E-state index < -0.39 is 5.82 Å². The lowest BCUT2D eigenvalue weighted by atomic mass is 10.2. The molecular weight excluding hydrogens is 285 g/mol. The Morgan fingerprint density at radius 1 is 1.19 bits per heavy atom. The van der Waals surface area contributed by atoms with Crippen LogP contribution in [-0.4, -0.2) is 11.5 Å². The zero-order valence-electron chi connectivity index (χ0n) is 11.1. The number of anilines is 1. The van der Waals surface area contributed by atoms with E-state index in [4.69, 9.17) is 5.26 Å². The van der Waals surface area contributed by atoms with Crippen LogP contribution in [0.25, 0.3) is 10.2 Å². The largest absolute Gasteiger partial charge is 0.383 e. The van der Waals surface area contributed by atoms with Gasteiger partial charge in [-0.05, 0) is 24.3 Å². The fourth-order valence-electron chi connectivity index (χ4n) is 2.12. The highest BCUT2D eigenvalue weighted by Gasteiger charge is 2.08. The average molecular weight is 297 g/mol. The zero-order chi connectivity index (χ0) is 14.7. The average Bonchev–Trinajstić information content (AvgIpc) is 2.90. The third-order valence-corrected chi connectivity index (χ3v) is 4.21. The van der Waals surface area contributed by atoms with Crippen molar-refractivity contribution >= 4 is 27.2 Å². The van der Waals surface area contributed by atoms with Crippen molar-refractivity contribution in [2.45, 2.75) is 6.42 Å². The number of rotatable bonds is 4. The van der Waals surface area contributed by atoms with Crippen LogP contribution in [0.5, 0.6) is 0 Å². The Morgan fingerprint density at radius 3 is 2.86 bits per heavy atom. The molecule has 5 heteroatoms. The molecule has 1 heterocycles. The SMILES string of the molecule is N#Cc1c(F)cccc1NCCc1nc2ccccc2s1.